The first-order chi connectivity index (χ1) is 20.0. The Morgan fingerprint density at radius 1 is 1.07 bits per heavy atom. The molecule has 1 amide bonds. The number of esters is 1. The number of nitrogens with zero attached hydrogens (tertiary/aromatic N) is 4. The zero-order chi connectivity index (χ0) is 29.8. The number of rotatable bonds is 4. The van der Waals surface area contributed by atoms with Crippen LogP contribution in [-0.4, -0.2) is 49.9 Å². The van der Waals surface area contributed by atoms with Gasteiger partial charge in [0.2, 0.25) is 0 Å². The summed E-state index contributed by atoms with van der Waals surface area (Å²) in [7, 11) is 0. The molecule has 42 heavy (non-hydrogen) atoms. The normalized spacial score (nSPS) is 21.8. The van der Waals surface area contributed by atoms with Crippen LogP contribution in [0, 0.1) is 5.41 Å². The van der Waals surface area contributed by atoms with E-state index < -0.39 is 29.2 Å². The van der Waals surface area contributed by atoms with Crippen molar-refractivity contribution in [3.8, 4) is 0 Å². The van der Waals surface area contributed by atoms with Crippen LogP contribution in [0.5, 0.6) is 0 Å². The molecule has 0 unspecified atom stereocenters. The number of anilines is 3. The van der Waals surface area contributed by atoms with Crippen LogP contribution in [-0.2, 0) is 22.1 Å². The predicted octanol–water partition coefficient (Wildman–Crippen LogP) is 6.20. The van der Waals surface area contributed by atoms with Gasteiger partial charge < -0.3 is 14.5 Å². The van der Waals surface area contributed by atoms with Crippen molar-refractivity contribution >= 4 is 46.3 Å². The second-order valence-corrected chi connectivity index (χ2v) is 11.1. The lowest BCUT2D eigenvalue weighted by atomic mass is 9.67. The van der Waals surface area contributed by atoms with E-state index in [0.29, 0.717) is 52.9 Å². The number of hydrazone groups is 1. The van der Waals surface area contributed by atoms with Crippen molar-refractivity contribution in [3.63, 3.8) is 0 Å². The van der Waals surface area contributed by atoms with Gasteiger partial charge in [-0.1, -0.05) is 17.7 Å². The molecule has 3 aromatic rings. The Kier molecular flexibility index (Phi) is 6.92. The van der Waals surface area contributed by atoms with Crippen LogP contribution in [0.2, 0.25) is 5.02 Å². The minimum atomic E-state index is -4.51. The van der Waals surface area contributed by atoms with E-state index in [9.17, 15) is 22.8 Å². The van der Waals surface area contributed by atoms with E-state index in [0.717, 1.165) is 17.8 Å². The van der Waals surface area contributed by atoms with Crippen LogP contribution in [0.15, 0.2) is 71.8 Å². The number of ether oxygens (including phenoxy) is 1. The zero-order valence-electron chi connectivity index (χ0n) is 23.0. The third-order valence-electron chi connectivity index (χ3n) is 8.40. The van der Waals surface area contributed by atoms with E-state index in [1.54, 1.807) is 44.2 Å². The minimum Gasteiger partial charge on any atom is -0.462 e. The number of piperazine rings is 1. The lowest BCUT2D eigenvalue weighted by Crippen LogP contribution is -2.67. The first-order valence-corrected chi connectivity index (χ1v) is 14.1. The number of carbonyl (C=O) groups is 2. The number of benzene rings is 3. The summed E-state index contributed by atoms with van der Waals surface area (Å²) in [4.78, 5) is 30.9. The first kappa shape index (κ1) is 28.1. The minimum absolute atomic E-state index is 0.0718. The van der Waals surface area contributed by atoms with Crippen molar-refractivity contribution in [1.29, 1.82) is 0 Å². The second-order valence-electron chi connectivity index (χ2n) is 10.7. The highest BCUT2D eigenvalue weighted by atomic mass is 35.5. The van der Waals surface area contributed by atoms with Gasteiger partial charge in [0, 0.05) is 36.0 Å². The maximum absolute atomic E-state index is 14.5. The number of hydrogen-bond donors (Lipinski definition) is 0. The molecule has 0 radical (unpaired) electrons. The standard InChI is InChI=1S/C31H28ClF3N4O3/c1-3-42-28(40)20-7-10-24(11-8-20)39-29(41)30(19(2)36-39)17-21-15-22(31(33,34)35)9-12-26(21)38-14-13-37(18-27(30)38)25-6-4-5-23(32)16-25/h4-12,15-16,27H,3,13-14,17-18H2,1-2H3/t27-,30+/m0/s1. The average molecular weight is 597 g/mol. The van der Waals surface area contributed by atoms with E-state index in [4.69, 9.17) is 16.3 Å². The maximum Gasteiger partial charge on any atom is 0.416 e. The number of hydrogen-bond acceptors (Lipinski definition) is 6. The molecule has 1 saturated heterocycles. The van der Waals surface area contributed by atoms with Crippen molar-refractivity contribution < 1.29 is 27.5 Å². The zero-order valence-corrected chi connectivity index (χ0v) is 23.7. The summed E-state index contributed by atoms with van der Waals surface area (Å²) in [6, 6.07) is 17.2. The van der Waals surface area contributed by atoms with Gasteiger partial charge in [-0.15, -0.1) is 0 Å². The molecule has 3 heterocycles. The molecule has 1 spiro atoms. The molecule has 1 fully saturated rings. The molecule has 6 rings (SSSR count). The topological polar surface area (TPSA) is 65.5 Å². The lowest BCUT2D eigenvalue weighted by molar-refractivity contribution is -0.137. The van der Waals surface area contributed by atoms with Crippen molar-refractivity contribution in [2.45, 2.75) is 32.5 Å². The van der Waals surface area contributed by atoms with Gasteiger partial charge in [0.25, 0.3) is 5.91 Å². The van der Waals surface area contributed by atoms with Gasteiger partial charge in [-0.05, 0) is 86.5 Å². The molecule has 0 aliphatic carbocycles. The van der Waals surface area contributed by atoms with Crippen molar-refractivity contribution in [2.24, 2.45) is 10.5 Å². The van der Waals surface area contributed by atoms with E-state index in [2.05, 4.69) is 14.9 Å². The van der Waals surface area contributed by atoms with Crippen LogP contribution in [0.4, 0.5) is 30.2 Å². The Hall–Kier alpha value is -4.05. The van der Waals surface area contributed by atoms with Crippen LogP contribution in [0.3, 0.4) is 0 Å². The van der Waals surface area contributed by atoms with Crippen LogP contribution >= 0.6 is 11.6 Å². The summed E-state index contributed by atoms with van der Waals surface area (Å²) < 4.78 is 46.3. The Morgan fingerprint density at radius 2 is 1.83 bits per heavy atom. The molecule has 2 atom stereocenters. The molecule has 0 saturated carbocycles. The fourth-order valence-electron chi connectivity index (χ4n) is 6.35. The number of fused-ring (bicyclic) bond motifs is 4. The number of alkyl halides is 3. The van der Waals surface area contributed by atoms with Gasteiger partial charge >= 0.3 is 12.1 Å². The van der Waals surface area contributed by atoms with E-state index in [-0.39, 0.29) is 18.9 Å². The van der Waals surface area contributed by atoms with E-state index in [1.165, 1.54) is 11.1 Å². The molecular formula is C31H28ClF3N4O3. The molecular weight excluding hydrogens is 569 g/mol. The highest BCUT2D eigenvalue weighted by Crippen LogP contribution is 2.49. The molecule has 3 aromatic carbocycles. The molecule has 3 aliphatic rings. The molecule has 0 N–H and O–H groups in total. The summed E-state index contributed by atoms with van der Waals surface area (Å²) in [5, 5.41) is 6.56. The highest BCUT2D eigenvalue weighted by molar-refractivity contribution is 6.30. The van der Waals surface area contributed by atoms with Crippen LogP contribution in [0.25, 0.3) is 0 Å². The van der Waals surface area contributed by atoms with Gasteiger partial charge in [0.15, 0.2) is 0 Å². The molecule has 3 aliphatic heterocycles. The Morgan fingerprint density at radius 3 is 2.52 bits per heavy atom. The highest BCUT2D eigenvalue weighted by Gasteiger charge is 2.60. The summed E-state index contributed by atoms with van der Waals surface area (Å²) in [6.07, 6.45) is -4.44. The van der Waals surface area contributed by atoms with Crippen LogP contribution < -0.4 is 14.8 Å². The lowest BCUT2D eigenvalue weighted by Gasteiger charge is -2.53. The summed E-state index contributed by atoms with van der Waals surface area (Å²) in [6.45, 7) is 5.24. The number of amides is 1. The molecule has 218 valence electrons. The Labute approximate surface area is 246 Å². The van der Waals surface area contributed by atoms with Gasteiger partial charge in [0.05, 0.1) is 35.2 Å². The smallest absolute Gasteiger partial charge is 0.416 e. The average Bonchev–Trinajstić information content (AvgIpc) is 3.22. The second kappa shape index (κ2) is 10.3. The molecule has 0 bridgehead atoms. The number of carbonyl (C=O) groups excluding carboxylic acids is 2. The maximum atomic E-state index is 14.5. The largest absolute Gasteiger partial charge is 0.462 e. The monoisotopic (exact) mass is 596 g/mol. The van der Waals surface area contributed by atoms with E-state index >= 15 is 0 Å². The van der Waals surface area contributed by atoms with E-state index in [1.807, 2.05) is 18.2 Å². The summed E-state index contributed by atoms with van der Waals surface area (Å²) in [5.41, 5.74) is 1.40. The summed E-state index contributed by atoms with van der Waals surface area (Å²) in [5.74, 6) is -0.800. The molecule has 0 aromatic heterocycles. The SMILES string of the molecule is CCOC(=O)c1ccc(N2N=C(C)[C@@]3(Cc4cc(C(F)(F)F)ccc4N4CCN(c5cccc(Cl)c5)C[C@H]43)C2=O)cc1. The fraction of sp³-hybridized carbons (Fsp3) is 0.323. The van der Waals surface area contributed by atoms with Crippen molar-refractivity contribution in [3.05, 3.63) is 88.4 Å². The molecule has 7 nitrogen and oxygen atoms in total. The van der Waals surface area contributed by atoms with Gasteiger partial charge in [-0.25, -0.2) is 4.79 Å². The Bertz CT molecular complexity index is 1590. The van der Waals surface area contributed by atoms with Gasteiger partial charge in [-0.2, -0.15) is 23.3 Å². The Balaban J connectivity index is 1.42. The summed E-state index contributed by atoms with van der Waals surface area (Å²) >= 11 is 6.28. The van der Waals surface area contributed by atoms with Crippen molar-refractivity contribution in [2.75, 3.05) is 41.0 Å². The van der Waals surface area contributed by atoms with Crippen LogP contribution in [0.1, 0.15) is 35.3 Å². The van der Waals surface area contributed by atoms with Crippen molar-refractivity contribution in [1.82, 2.24) is 0 Å². The third kappa shape index (κ3) is 4.58. The number of halogens is 4. The van der Waals surface area contributed by atoms with Gasteiger partial charge in [-0.3, -0.25) is 4.79 Å². The quantitative estimate of drug-likeness (QED) is 0.336. The van der Waals surface area contributed by atoms with Gasteiger partial charge in [0.1, 0.15) is 5.41 Å². The fourth-order valence-corrected chi connectivity index (χ4v) is 6.53. The molecule has 11 heteroatoms. The third-order valence-corrected chi connectivity index (χ3v) is 8.64. The first-order valence-electron chi connectivity index (χ1n) is 13.7. The predicted molar refractivity (Wildman–Crippen MR) is 155 cm³/mol.